The second-order valence-corrected chi connectivity index (χ2v) is 4.81. The molecule has 0 saturated carbocycles. The average Bonchev–Trinajstić information content (AvgIpc) is 2.82. The van der Waals surface area contributed by atoms with Crippen LogP contribution in [0, 0.1) is 0 Å². The van der Waals surface area contributed by atoms with Gasteiger partial charge in [-0.1, -0.05) is 6.42 Å². The minimum atomic E-state index is 0.336. The van der Waals surface area contributed by atoms with Gasteiger partial charge in [-0.15, -0.1) is 5.10 Å². The molecule has 0 radical (unpaired) electrons. The molecule has 1 aliphatic heterocycles. The highest BCUT2D eigenvalue weighted by Crippen LogP contribution is 2.28. The molecule has 1 fully saturated rings. The Kier molecular flexibility index (Phi) is 2.91. The first kappa shape index (κ1) is 11.5. The maximum atomic E-state index is 5.32. The standard InChI is InChI=1S/C13H18N4O/c1-16-8-4-3-6-10(16)12-14-13-11(18-2)7-5-9-17(13)15-12/h5,7,9-10H,3-4,6,8H2,1-2H3. The largest absolute Gasteiger partial charge is 0.493 e. The van der Waals surface area contributed by atoms with Gasteiger partial charge in [-0.05, 0) is 38.6 Å². The van der Waals surface area contributed by atoms with Crippen molar-refractivity contribution in [1.82, 2.24) is 19.5 Å². The number of fused-ring (bicyclic) bond motifs is 1. The first-order chi connectivity index (χ1) is 8.79. The summed E-state index contributed by atoms with van der Waals surface area (Å²) in [7, 11) is 3.81. The molecule has 1 aliphatic rings. The van der Waals surface area contributed by atoms with E-state index in [0.717, 1.165) is 30.2 Å². The van der Waals surface area contributed by atoms with Crippen LogP contribution in [-0.4, -0.2) is 40.2 Å². The van der Waals surface area contributed by atoms with Crippen LogP contribution in [0.25, 0.3) is 5.65 Å². The fourth-order valence-corrected chi connectivity index (χ4v) is 2.60. The number of nitrogens with zero attached hydrogens (tertiary/aromatic N) is 4. The molecule has 2 aromatic rings. The van der Waals surface area contributed by atoms with E-state index in [1.54, 1.807) is 11.6 Å². The number of aromatic nitrogens is 3. The fourth-order valence-electron chi connectivity index (χ4n) is 2.60. The van der Waals surface area contributed by atoms with Crippen molar-refractivity contribution in [1.29, 1.82) is 0 Å². The van der Waals surface area contributed by atoms with Crippen LogP contribution in [0.3, 0.4) is 0 Å². The average molecular weight is 246 g/mol. The smallest absolute Gasteiger partial charge is 0.198 e. The molecule has 1 saturated heterocycles. The van der Waals surface area contributed by atoms with E-state index in [2.05, 4.69) is 22.0 Å². The van der Waals surface area contributed by atoms with Gasteiger partial charge in [0.2, 0.25) is 0 Å². The van der Waals surface area contributed by atoms with Crippen molar-refractivity contribution in [3.8, 4) is 5.75 Å². The van der Waals surface area contributed by atoms with Crippen molar-refractivity contribution in [2.45, 2.75) is 25.3 Å². The van der Waals surface area contributed by atoms with Gasteiger partial charge in [-0.25, -0.2) is 9.50 Å². The second kappa shape index (κ2) is 4.57. The molecule has 1 atom stereocenters. The molecule has 0 aliphatic carbocycles. The van der Waals surface area contributed by atoms with Crippen LogP contribution in [0.2, 0.25) is 0 Å². The summed E-state index contributed by atoms with van der Waals surface area (Å²) < 4.78 is 7.12. The summed E-state index contributed by atoms with van der Waals surface area (Å²) in [5, 5.41) is 4.58. The monoisotopic (exact) mass is 246 g/mol. The molecule has 0 bridgehead atoms. The summed E-state index contributed by atoms with van der Waals surface area (Å²) in [6.45, 7) is 1.12. The molecule has 96 valence electrons. The number of rotatable bonds is 2. The molecule has 0 N–H and O–H groups in total. The van der Waals surface area contributed by atoms with E-state index in [4.69, 9.17) is 4.74 Å². The van der Waals surface area contributed by atoms with Crippen LogP contribution in [0.15, 0.2) is 18.3 Å². The van der Waals surface area contributed by atoms with Gasteiger partial charge in [-0.2, -0.15) is 0 Å². The zero-order valence-corrected chi connectivity index (χ0v) is 10.8. The van der Waals surface area contributed by atoms with Crippen LogP contribution < -0.4 is 4.74 Å². The van der Waals surface area contributed by atoms with Crippen molar-refractivity contribution >= 4 is 5.65 Å². The lowest BCUT2D eigenvalue weighted by atomic mass is 10.0. The van der Waals surface area contributed by atoms with Gasteiger partial charge in [0.1, 0.15) is 0 Å². The van der Waals surface area contributed by atoms with Crippen LogP contribution in [0.4, 0.5) is 0 Å². The van der Waals surface area contributed by atoms with Crippen LogP contribution >= 0.6 is 0 Å². The molecule has 18 heavy (non-hydrogen) atoms. The summed E-state index contributed by atoms with van der Waals surface area (Å²) in [5.41, 5.74) is 0.800. The molecule has 3 heterocycles. The first-order valence-corrected chi connectivity index (χ1v) is 6.39. The molecule has 1 unspecified atom stereocenters. The Morgan fingerprint density at radius 2 is 2.28 bits per heavy atom. The summed E-state index contributed by atoms with van der Waals surface area (Å²) >= 11 is 0. The number of piperidine rings is 1. The third kappa shape index (κ3) is 1.84. The minimum absolute atomic E-state index is 0.336. The zero-order valence-electron chi connectivity index (χ0n) is 10.8. The third-order valence-electron chi connectivity index (χ3n) is 3.63. The Hall–Kier alpha value is -1.62. The number of likely N-dealkylation sites (tertiary alicyclic amines) is 1. The van der Waals surface area contributed by atoms with E-state index < -0.39 is 0 Å². The molecule has 3 rings (SSSR count). The van der Waals surface area contributed by atoms with Gasteiger partial charge < -0.3 is 4.74 Å². The Bertz CT molecular complexity index is 551. The molecular weight excluding hydrogens is 228 g/mol. The number of ether oxygens (including phenoxy) is 1. The van der Waals surface area contributed by atoms with E-state index >= 15 is 0 Å². The highest BCUT2D eigenvalue weighted by atomic mass is 16.5. The highest BCUT2D eigenvalue weighted by molar-refractivity contribution is 5.52. The summed E-state index contributed by atoms with van der Waals surface area (Å²) in [4.78, 5) is 6.98. The molecule has 5 nitrogen and oxygen atoms in total. The Labute approximate surface area is 106 Å². The lowest BCUT2D eigenvalue weighted by Crippen LogP contribution is -2.30. The van der Waals surface area contributed by atoms with Gasteiger partial charge >= 0.3 is 0 Å². The maximum Gasteiger partial charge on any atom is 0.198 e. The maximum absolute atomic E-state index is 5.32. The Balaban J connectivity index is 2.02. The summed E-state index contributed by atoms with van der Waals surface area (Å²) in [6.07, 6.45) is 5.57. The molecule has 0 aromatic carbocycles. The number of methoxy groups -OCH3 is 1. The topological polar surface area (TPSA) is 42.7 Å². The van der Waals surface area contributed by atoms with Crippen molar-refractivity contribution in [2.24, 2.45) is 0 Å². The normalized spacial score (nSPS) is 21.3. The van der Waals surface area contributed by atoms with Gasteiger partial charge in [-0.3, -0.25) is 4.90 Å². The van der Waals surface area contributed by atoms with E-state index in [-0.39, 0.29) is 0 Å². The highest BCUT2D eigenvalue weighted by Gasteiger charge is 2.25. The molecular formula is C13H18N4O. The minimum Gasteiger partial charge on any atom is -0.493 e. The van der Waals surface area contributed by atoms with Crippen LogP contribution in [0.1, 0.15) is 31.1 Å². The molecule has 0 spiro atoms. The third-order valence-corrected chi connectivity index (χ3v) is 3.63. The summed E-state index contributed by atoms with van der Waals surface area (Å²) in [6, 6.07) is 4.18. The number of hydrogen-bond acceptors (Lipinski definition) is 4. The van der Waals surface area contributed by atoms with Crippen LogP contribution in [0.5, 0.6) is 5.75 Å². The van der Waals surface area contributed by atoms with Crippen molar-refractivity contribution in [2.75, 3.05) is 20.7 Å². The molecule has 0 amide bonds. The quantitative estimate of drug-likeness (QED) is 0.811. The number of pyridine rings is 1. The van der Waals surface area contributed by atoms with Crippen molar-refractivity contribution in [3.05, 3.63) is 24.2 Å². The summed E-state index contributed by atoms with van der Waals surface area (Å²) in [5.74, 6) is 1.68. The van der Waals surface area contributed by atoms with Gasteiger partial charge in [0.05, 0.1) is 13.2 Å². The van der Waals surface area contributed by atoms with Gasteiger partial charge in [0.15, 0.2) is 17.2 Å². The second-order valence-electron chi connectivity index (χ2n) is 4.81. The van der Waals surface area contributed by atoms with Crippen molar-refractivity contribution in [3.63, 3.8) is 0 Å². The predicted octanol–water partition coefficient (Wildman–Crippen LogP) is 1.89. The van der Waals surface area contributed by atoms with E-state index in [1.165, 1.54) is 12.8 Å². The van der Waals surface area contributed by atoms with E-state index in [1.807, 2.05) is 18.3 Å². The van der Waals surface area contributed by atoms with E-state index in [9.17, 15) is 0 Å². The first-order valence-electron chi connectivity index (χ1n) is 6.39. The van der Waals surface area contributed by atoms with E-state index in [0.29, 0.717) is 6.04 Å². The van der Waals surface area contributed by atoms with Crippen LogP contribution in [-0.2, 0) is 0 Å². The SMILES string of the molecule is COc1cccn2nc(C3CCCCN3C)nc12. The van der Waals surface area contributed by atoms with Gasteiger partial charge in [0.25, 0.3) is 0 Å². The fraction of sp³-hybridized carbons (Fsp3) is 0.538. The van der Waals surface area contributed by atoms with Crippen molar-refractivity contribution < 1.29 is 4.74 Å². The Morgan fingerprint density at radius 3 is 3.06 bits per heavy atom. The predicted molar refractivity (Wildman–Crippen MR) is 68.8 cm³/mol. The Morgan fingerprint density at radius 1 is 1.39 bits per heavy atom. The number of hydrogen-bond donors (Lipinski definition) is 0. The zero-order chi connectivity index (χ0) is 12.5. The molecule has 2 aromatic heterocycles. The lowest BCUT2D eigenvalue weighted by Gasteiger charge is -2.30. The molecule has 5 heteroatoms. The van der Waals surface area contributed by atoms with Gasteiger partial charge in [0, 0.05) is 6.20 Å². The lowest BCUT2D eigenvalue weighted by molar-refractivity contribution is 0.179.